The first-order chi connectivity index (χ1) is 10.6. The van der Waals surface area contributed by atoms with Crippen molar-refractivity contribution >= 4 is 44.2 Å². The Balaban J connectivity index is 1.68. The van der Waals surface area contributed by atoms with E-state index in [0.29, 0.717) is 16.3 Å². The maximum absolute atomic E-state index is 11.9. The minimum absolute atomic E-state index is 0.0387. The summed E-state index contributed by atoms with van der Waals surface area (Å²) < 4.78 is 0. The number of pyridine rings is 1. The van der Waals surface area contributed by atoms with Crippen molar-refractivity contribution in [3.63, 3.8) is 0 Å². The zero-order valence-electron chi connectivity index (χ0n) is 11.0. The minimum Gasteiger partial charge on any atom is -0.308 e. The Morgan fingerprint density at radius 3 is 2.64 bits per heavy atom. The third-order valence-corrected chi connectivity index (χ3v) is 3.62. The summed E-state index contributed by atoms with van der Waals surface area (Å²) in [6.45, 7) is 0. The molecule has 2 aromatic heterocycles. The number of thiazole rings is 1. The van der Waals surface area contributed by atoms with Crippen molar-refractivity contribution in [2.24, 2.45) is 0 Å². The second-order valence-electron chi connectivity index (χ2n) is 4.23. The maximum Gasteiger partial charge on any atom is 0.325 e. The molecule has 110 valence electrons. The van der Waals surface area contributed by atoms with E-state index < -0.39 is 11.0 Å². The van der Waals surface area contributed by atoms with Crippen LogP contribution in [-0.2, 0) is 0 Å². The van der Waals surface area contributed by atoms with Gasteiger partial charge in [0.15, 0.2) is 5.13 Å². The van der Waals surface area contributed by atoms with E-state index in [9.17, 15) is 14.9 Å². The van der Waals surface area contributed by atoms with Gasteiger partial charge in [0.2, 0.25) is 0 Å². The van der Waals surface area contributed by atoms with Crippen molar-refractivity contribution in [3.05, 3.63) is 52.7 Å². The molecule has 0 fully saturated rings. The van der Waals surface area contributed by atoms with Crippen LogP contribution in [0.4, 0.5) is 21.3 Å². The van der Waals surface area contributed by atoms with Crippen molar-refractivity contribution in [2.45, 2.75) is 0 Å². The monoisotopic (exact) mass is 315 g/mol. The number of anilines is 2. The molecule has 0 radical (unpaired) electrons. The number of amides is 2. The summed E-state index contributed by atoms with van der Waals surface area (Å²) in [4.78, 5) is 31.0. The summed E-state index contributed by atoms with van der Waals surface area (Å²) in [6, 6.07) is 8.64. The highest BCUT2D eigenvalue weighted by Gasteiger charge is 2.09. The van der Waals surface area contributed by atoms with Gasteiger partial charge in [-0.1, -0.05) is 11.3 Å². The molecule has 3 aromatic rings. The largest absolute Gasteiger partial charge is 0.325 e. The Kier molecular flexibility index (Phi) is 3.62. The molecule has 1 aromatic carbocycles. The molecule has 0 aliphatic heterocycles. The van der Waals surface area contributed by atoms with Gasteiger partial charge in [0.05, 0.1) is 4.92 Å². The molecule has 3 rings (SSSR count). The molecule has 0 aliphatic carbocycles. The third-order valence-electron chi connectivity index (χ3n) is 2.72. The van der Waals surface area contributed by atoms with E-state index in [2.05, 4.69) is 20.6 Å². The second kappa shape index (κ2) is 5.74. The SMILES string of the molecule is O=C(Nc1ccc([N+](=O)[O-])cc1)Nc1nc2cccnc2s1. The Hall–Kier alpha value is -3.07. The number of nitro groups is 1. The quantitative estimate of drug-likeness (QED) is 0.569. The molecule has 2 heterocycles. The average molecular weight is 315 g/mol. The number of carbonyl (C=O) groups excluding carboxylic acids is 1. The van der Waals surface area contributed by atoms with Crippen LogP contribution in [0.3, 0.4) is 0 Å². The number of fused-ring (bicyclic) bond motifs is 1. The van der Waals surface area contributed by atoms with E-state index >= 15 is 0 Å². The molecule has 8 nitrogen and oxygen atoms in total. The van der Waals surface area contributed by atoms with E-state index in [-0.39, 0.29) is 5.69 Å². The molecule has 2 amide bonds. The fourth-order valence-corrected chi connectivity index (χ4v) is 2.55. The molecule has 2 N–H and O–H groups in total. The third kappa shape index (κ3) is 2.99. The predicted octanol–water partition coefficient (Wildman–Crippen LogP) is 3.24. The van der Waals surface area contributed by atoms with Crippen molar-refractivity contribution in [1.29, 1.82) is 0 Å². The number of nitrogens with one attached hydrogen (secondary N) is 2. The Bertz CT molecular complexity index is 813. The van der Waals surface area contributed by atoms with Gasteiger partial charge in [-0.3, -0.25) is 15.4 Å². The maximum atomic E-state index is 11.9. The fourth-order valence-electron chi connectivity index (χ4n) is 1.75. The van der Waals surface area contributed by atoms with Gasteiger partial charge in [-0.05, 0) is 24.3 Å². The van der Waals surface area contributed by atoms with Crippen LogP contribution in [0.2, 0.25) is 0 Å². The molecular formula is C13H9N5O3S. The molecule has 0 aliphatic rings. The highest BCUT2D eigenvalue weighted by atomic mass is 32.1. The number of non-ortho nitro benzene ring substituents is 1. The highest BCUT2D eigenvalue weighted by Crippen LogP contribution is 2.23. The van der Waals surface area contributed by atoms with Crippen LogP contribution in [0.15, 0.2) is 42.6 Å². The number of nitro benzene ring substituents is 1. The lowest BCUT2D eigenvalue weighted by atomic mass is 10.3. The Morgan fingerprint density at radius 2 is 1.95 bits per heavy atom. The van der Waals surface area contributed by atoms with Crippen LogP contribution in [0, 0.1) is 10.1 Å². The number of rotatable bonds is 3. The van der Waals surface area contributed by atoms with Crippen molar-refractivity contribution in [1.82, 2.24) is 9.97 Å². The van der Waals surface area contributed by atoms with Crippen LogP contribution in [0.1, 0.15) is 0 Å². The topological polar surface area (TPSA) is 110 Å². The van der Waals surface area contributed by atoms with Crippen LogP contribution in [0.5, 0.6) is 0 Å². The first-order valence-electron chi connectivity index (χ1n) is 6.16. The van der Waals surface area contributed by atoms with Crippen LogP contribution < -0.4 is 10.6 Å². The smallest absolute Gasteiger partial charge is 0.308 e. The number of nitrogens with zero attached hydrogens (tertiary/aromatic N) is 3. The summed E-state index contributed by atoms with van der Waals surface area (Å²) in [6.07, 6.45) is 1.65. The van der Waals surface area contributed by atoms with Crippen LogP contribution in [-0.4, -0.2) is 20.9 Å². The molecule has 0 bridgehead atoms. The normalized spacial score (nSPS) is 10.4. The standard InChI is InChI=1S/C13H9N5O3S/c19-12(15-8-3-5-9(6-4-8)18(20)21)17-13-16-10-2-1-7-14-11(10)22-13/h1-7H,(H2,15,16,17,19). The number of hydrogen-bond donors (Lipinski definition) is 2. The van der Waals surface area contributed by atoms with E-state index in [4.69, 9.17) is 0 Å². The zero-order chi connectivity index (χ0) is 15.5. The molecule has 0 saturated carbocycles. The molecule has 0 saturated heterocycles. The van der Waals surface area contributed by atoms with Gasteiger partial charge in [-0.15, -0.1) is 0 Å². The van der Waals surface area contributed by atoms with E-state index in [1.807, 2.05) is 0 Å². The minimum atomic E-state index is -0.502. The van der Waals surface area contributed by atoms with E-state index in [0.717, 1.165) is 4.83 Å². The van der Waals surface area contributed by atoms with Gasteiger partial charge in [-0.25, -0.2) is 14.8 Å². The summed E-state index contributed by atoms with van der Waals surface area (Å²) in [5.41, 5.74) is 1.11. The molecule has 22 heavy (non-hydrogen) atoms. The van der Waals surface area contributed by atoms with E-state index in [1.165, 1.54) is 35.6 Å². The molecule has 0 atom stereocenters. The Labute approximate surface area is 128 Å². The van der Waals surface area contributed by atoms with Gasteiger partial charge < -0.3 is 5.32 Å². The van der Waals surface area contributed by atoms with Gasteiger partial charge in [0, 0.05) is 24.0 Å². The van der Waals surface area contributed by atoms with Crippen LogP contribution in [0.25, 0.3) is 10.3 Å². The number of carbonyl (C=O) groups is 1. The first-order valence-corrected chi connectivity index (χ1v) is 6.97. The molecule has 0 unspecified atom stereocenters. The number of benzene rings is 1. The van der Waals surface area contributed by atoms with Crippen molar-refractivity contribution in [3.8, 4) is 0 Å². The molecule has 9 heteroatoms. The van der Waals surface area contributed by atoms with Gasteiger partial charge in [0.1, 0.15) is 10.3 Å². The summed E-state index contributed by atoms with van der Waals surface area (Å²) in [7, 11) is 0. The fraction of sp³-hybridized carbons (Fsp3) is 0. The van der Waals surface area contributed by atoms with E-state index in [1.54, 1.807) is 18.3 Å². The second-order valence-corrected chi connectivity index (χ2v) is 5.21. The molecule has 0 spiro atoms. The summed E-state index contributed by atoms with van der Waals surface area (Å²) in [5.74, 6) is 0. The highest BCUT2D eigenvalue weighted by molar-refractivity contribution is 7.21. The summed E-state index contributed by atoms with van der Waals surface area (Å²) in [5, 5.41) is 16.2. The molecular weight excluding hydrogens is 306 g/mol. The van der Waals surface area contributed by atoms with Crippen LogP contribution >= 0.6 is 11.3 Å². The van der Waals surface area contributed by atoms with Crippen molar-refractivity contribution < 1.29 is 9.72 Å². The first kappa shape index (κ1) is 13.9. The number of hydrogen-bond acceptors (Lipinski definition) is 6. The van der Waals surface area contributed by atoms with Crippen molar-refractivity contribution in [2.75, 3.05) is 10.6 Å². The lowest BCUT2D eigenvalue weighted by Gasteiger charge is -2.04. The number of aromatic nitrogens is 2. The number of urea groups is 1. The van der Waals surface area contributed by atoms with Gasteiger partial charge in [-0.2, -0.15) is 0 Å². The predicted molar refractivity (Wildman–Crippen MR) is 83.2 cm³/mol. The lowest BCUT2D eigenvalue weighted by Crippen LogP contribution is -2.19. The summed E-state index contributed by atoms with van der Waals surface area (Å²) >= 11 is 1.26. The Morgan fingerprint density at radius 1 is 1.18 bits per heavy atom. The lowest BCUT2D eigenvalue weighted by molar-refractivity contribution is -0.384. The van der Waals surface area contributed by atoms with Gasteiger partial charge in [0.25, 0.3) is 5.69 Å². The zero-order valence-corrected chi connectivity index (χ0v) is 11.8. The van der Waals surface area contributed by atoms with Gasteiger partial charge >= 0.3 is 6.03 Å². The average Bonchev–Trinajstić information content (AvgIpc) is 2.89.